The van der Waals surface area contributed by atoms with Crippen LogP contribution in [0, 0.1) is 6.92 Å². The van der Waals surface area contributed by atoms with Crippen LogP contribution in [0.5, 0.6) is 17.4 Å². The van der Waals surface area contributed by atoms with Gasteiger partial charge in [-0.25, -0.2) is 4.68 Å². The second-order valence-corrected chi connectivity index (χ2v) is 9.14. The highest BCUT2D eigenvalue weighted by molar-refractivity contribution is 6.30. The highest BCUT2D eigenvalue weighted by atomic mass is 35.5. The van der Waals surface area contributed by atoms with Crippen LogP contribution < -0.4 is 9.47 Å². The lowest BCUT2D eigenvalue weighted by Crippen LogP contribution is -2.29. The lowest BCUT2D eigenvalue weighted by atomic mass is 10.1. The van der Waals surface area contributed by atoms with E-state index >= 15 is 0 Å². The number of hydrogen-bond acceptors (Lipinski definition) is 5. The molecule has 36 heavy (non-hydrogen) atoms. The minimum atomic E-state index is -0.591. The molecule has 0 spiro atoms. The normalized spacial score (nSPS) is 12.1. The summed E-state index contributed by atoms with van der Waals surface area (Å²) < 4.78 is 13.5. The summed E-state index contributed by atoms with van der Waals surface area (Å²) in [5, 5.41) is 16.4. The first-order chi connectivity index (χ1) is 17.5. The summed E-state index contributed by atoms with van der Waals surface area (Å²) in [7, 11) is 1.64. The standard InChI is InChI=1S/C29H32ClN3O3/c1-4-17-32(20-28(34)22-9-6-5-7-10-22)19-27-21(2)31-33(24-12-8-11-23(30)18-24)29(27)36-26-15-13-25(35-3)14-16-26/h5-16,18,28,34H,4,17,19-20H2,1-3H3. The molecule has 1 N–H and O–H groups in total. The van der Waals surface area contributed by atoms with Gasteiger partial charge in [0.15, 0.2) is 0 Å². The first-order valence-corrected chi connectivity index (χ1v) is 12.5. The molecule has 1 unspecified atom stereocenters. The molecule has 0 saturated carbocycles. The van der Waals surface area contributed by atoms with Gasteiger partial charge in [0.2, 0.25) is 5.88 Å². The molecule has 0 aliphatic heterocycles. The second-order valence-electron chi connectivity index (χ2n) is 8.70. The van der Waals surface area contributed by atoms with Gasteiger partial charge in [-0.05, 0) is 67.9 Å². The van der Waals surface area contributed by atoms with Gasteiger partial charge in [0.25, 0.3) is 0 Å². The maximum atomic E-state index is 10.9. The summed E-state index contributed by atoms with van der Waals surface area (Å²) >= 11 is 6.30. The summed E-state index contributed by atoms with van der Waals surface area (Å²) in [6.07, 6.45) is 0.365. The maximum Gasteiger partial charge on any atom is 0.227 e. The van der Waals surface area contributed by atoms with Gasteiger partial charge in [-0.3, -0.25) is 4.90 Å². The Hall–Kier alpha value is -3.32. The Kier molecular flexibility index (Phi) is 8.65. The number of aromatic nitrogens is 2. The fourth-order valence-electron chi connectivity index (χ4n) is 4.16. The molecule has 6 nitrogen and oxygen atoms in total. The maximum absolute atomic E-state index is 10.9. The van der Waals surface area contributed by atoms with E-state index in [9.17, 15) is 5.11 Å². The van der Waals surface area contributed by atoms with Crippen molar-refractivity contribution < 1.29 is 14.6 Å². The van der Waals surface area contributed by atoms with Crippen molar-refractivity contribution in [2.24, 2.45) is 0 Å². The van der Waals surface area contributed by atoms with Gasteiger partial charge in [0.05, 0.1) is 30.2 Å². The minimum Gasteiger partial charge on any atom is -0.497 e. The number of halogens is 1. The van der Waals surface area contributed by atoms with Crippen LogP contribution in [-0.4, -0.2) is 40.0 Å². The van der Waals surface area contributed by atoms with Crippen molar-refractivity contribution in [3.8, 4) is 23.1 Å². The Bertz CT molecular complexity index is 1260. The molecule has 0 aliphatic carbocycles. The Labute approximate surface area is 217 Å². The third-order valence-electron chi connectivity index (χ3n) is 6.00. The van der Waals surface area contributed by atoms with E-state index < -0.39 is 6.10 Å². The zero-order valence-electron chi connectivity index (χ0n) is 20.9. The molecule has 1 heterocycles. The van der Waals surface area contributed by atoms with Crippen LogP contribution in [0.1, 0.15) is 36.3 Å². The highest BCUT2D eigenvalue weighted by Crippen LogP contribution is 2.33. The van der Waals surface area contributed by atoms with Crippen LogP contribution in [-0.2, 0) is 6.54 Å². The van der Waals surface area contributed by atoms with E-state index in [2.05, 4.69) is 11.8 Å². The molecule has 0 amide bonds. The number of nitrogens with zero attached hydrogens (tertiary/aromatic N) is 3. The number of rotatable bonds is 11. The van der Waals surface area contributed by atoms with Crippen LogP contribution in [0.4, 0.5) is 0 Å². The van der Waals surface area contributed by atoms with E-state index in [-0.39, 0.29) is 0 Å². The lowest BCUT2D eigenvalue weighted by Gasteiger charge is -2.25. The molecular formula is C29H32ClN3O3. The number of aryl methyl sites for hydroxylation is 1. The van der Waals surface area contributed by atoms with E-state index in [0.29, 0.717) is 29.7 Å². The predicted octanol–water partition coefficient (Wildman–Crippen LogP) is 6.58. The van der Waals surface area contributed by atoms with Gasteiger partial charge >= 0.3 is 0 Å². The van der Waals surface area contributed by atoms with Crippen molar-refractivity contribution in [2.45, 2.75) is 32.9 Å². The predicted molar refractivity (Wildman–Crippen MR) is 143 cm³/mol. The SMILES string of the molecule is CCCN(Cc1c(C)nn(-c2cccc(Cl)c2)c1Oc1ccc(OC)cc1)CC(O)c1ccccc1. The van der Waals surface area contributed by atoms with Gasteiger partial charge < -0.3 is 14.6 Å². The number of aliphatic hydroxyl groups is 1. The van der Waals surface area contributed by atoms with Gasteiger partial charge in [-0.2, -0.15) is 5.10 Å². The molecule has 0 bridgehead atoms. The summed E-state index contributed by atoms with van der Waals surface area (Å²) in [5.74, 6) is 2.05. The van der Waals surface area contributed by atoms with Crippen molar-refractivity contribution in [1.82, 2.24) is 14.7 Å². The smallest absolute Gasteiger partial charge is 0.227 e. The number of benzene rings is 3. The average Bonchev–Trinajstić information content (AvgIpc) is 3.19. The third-order valence-corrected chi connectivity index (χ3v) is 6.24. The van der Waals surface area contributed by atoms with Gasteiger partial charge in [-0.15, -0.1) is 0 Å². The van der Waals surface area contributed by atoms with E-state index in [4.69, 9.17) is 26.2 Å². The first kappa shape index (κ1) is 25.8. The van der Waals surface area contributed by atoms with Crippen LogP contribution in [0.15, 0.2) is 78.9 Å². The fraction of sp³-hybridized carbons (Fsp3) is 0.276. The van der Waals surface area contributed by atoms with Crippen molar-refractivity contribution in [1.29, 1.82) is 0 Å². The molecular weight excluding hydrogens is 474 g/mol. The topological polar surface area (TPSA) is 59.8 Å². The molecule has 0 saturated heterocycles. The number of methoxy groups -OCH3 is 1. The quantitative estimate of drug-likeness (QED) is 0.249. The molecule has 4 aromatic rings. The Morgan fingerprint density at radius 1 is 1.00 bits per heavy atom. The second kappa shape index (κ2) is 12.1. The molecule has 4 rings (SSSR count). The number of ether oxygens (including phenoxy) is 2. The zero-order valence-corrected chi connectivity index (χ0v) is 21.7. The lowest BCUT2D eigenvalue weighted by molar-refractivity contribution is 0.108. The average molecular weight is 506 g/mol. The summed E-state index contributed by atoms with van der Waals surface area (Å²) in [6, 6.07) is 24.8. The van der Waals surface area contributed by atoms with Gasteiger partial charge in [-0.1, -0.05) is 54.9 Å². The minimum absolute atomic E-state index is 0.502. The molecule has 0 fully saturated rings. The number of aliphatic hydroxyl groups excluding tert-OH is 1. The Morgan fingerprint density at radius 3 is 2.39 bits per heavy atom. The Morgan fingerprint density at radius 2 is 1.72 bits per heavy atom. The summed E-state index contributed by atoms with van der Waals surface area (Å²) in [5.41, 5.74) is 3.53. The monoisotopic (exact) mass is 505 g/mol. The molecule has 7 heteroatoms. The van der Waals surface area contributed by atoms with E-state index in [1.54, 1.807) is 11.8 Å². The molecule has 3 aromatic carbocycles. The zero-order chi connectivity index (χ0) is 25.5. The third kappa shape index (κ3) is 6.26. The van der Waals surface area contributed by atoms with Crippen molar-refractivity contribution in [2.75, 3.05) is 20.2 Å². The van der Waals surface area contributed by atoms with Crippen molar-refractivity contribution in [3.63, 3.8) is 0 Å². The van der Waals surface area contributed by atoms with Crippen molar-refractivity contribution >= 4 is 11.6 Å². The van der Waals surface area contributed by atoms with Crippen molar-refractivity contribution in [3.05, 3.63) is 101 Å². The summed E-state index contributed by atoms with van der Waals surface area (Å²) in [4.78, 5) is 2.24. The largest absolute Gasteiger partial charge is 0.497 e. The molecule has 0 aliphatic rings. The number of hydrogen-bond donors (Lipinski definition) is 1. The van der Waals surface area contributed by atoms with Crippen LogP contribution in [0.2, 0.25) is 5.02 Å². The van der Waals surface area contributed by atoms with Gasteiger partial charge in [0.1, 0.15) is 11.5 Å². The van der Waals surface area contributed by atoms with E-state index in [0.717, 1.165) is 41.2 Å². The van der Waals surface area contributed by atoms with Crippen LogP contribution in [0.3, 0.4) is 0 Å². The van der Waals surface area contributed by atoms with E-state index in [1.807, 2.05) is 85.8 Å². The van der Waals surface area contributed by atoms with Gasteiger partial charge in [0, 0.05) is 18.1 Å². The molecule has 188 valence electrons. The molecule has 1 atom stereocenters. The van der Waals surface area contributed by atoms with Crippen LogP contribution >= 0.6 is 11.6 Å². The highest BCUT2D eigenvalue weighted by Gasteiger charge is 2.23. The summed E-state index contributed by atoms with van der Waals surface area (Å²) in [6.45, 7) is 6.03. The Balaban J connectivity index is 1.69. The first-order valence-electron chi connectivity index (χ1n) is 12.1. The molecule has 0 radical (unpaired) electrons. The van der Waals surface area contributed by atoms with Crippen LogP contribution in [0.25, 0.3) is 5.69 Å². The molecule has 1 aromatic heterocycles. The van der Waals surface area contributed by atoms with E-state index in [1.165, 1.54) is 0 Å². The fourth-order valence-corrected chi connectivity index (χ4v) is 4.35.